The number of anilines is 1. The monoisotopic (exact) mass is 1100 g/mol. The standard InChI is InChI=1S/C17H19F5N4.C11H9ClF3N3.C6H2Cl2F3N.C6H11F2N.C5H8N2/c1-10-7-11(2)26(25-10)15-9-12(17(20,21)22)8-14(24-15)23-13-3-5-16(18,19)6-4-13;1-6-3-7(2)18(17-6)10-5-8(11(13,14)15)4-9(12)16-10;7-4-1-3(6(9,10)11)2-5(8)12-4;7-6(8)3-1-5(9)2-4-6;1-4-3-5(2)7-6-4/h7-9,13H,3-6H2,1-2H3,(H,23,24);3-5H,1-2H3;1-2H;5H,1-4,9H2;3H,1-2H3,(H,6,7). The summed E-state index contributed by atoms with van der Waals surface area (Å²) in [6, 6.07) is 10.1. The highest BCUT2D eigenvalue weighted by Crippen LogP contribution is 2.37. The van der Waals surface area contributed by atoms with Gasteiger partial charge in [-0.2, -0.15) is 54.8 Å². The summed E-state index contributed by atoms with van der Waals surface area (Å²) in [7, 11) is 0. The van der Waals surface area contributed by atoms with Gasteiger partial charge < -0.3 is 11.1 Å². The van der Waals surface area contributed by atoms with Crippen molar-refractivity contribution >= 4 is 40.6 Å². The van der Waals surface area contributed by atoms with Crippen molar-refractivity contribution < 1.29 is 57.1 Å². The fourth-order valence-corrected chi connectivity index (χ4v) is 7.64. The van der Waals surface area contributed by atoms with Crippen LogP contribution in [0.2, 0.25) is 15.5 Å². The van der Waals surface area contributed by atoms with Crippen LogP contribution in [0.25, 0.3) is 11.6 Å². The van der Waals surface area contributed by atoms with Crippen molar-refractivity contribution in [3.8, 4) is 11.6 Å². The van der Waals surface area contributed by atoms with Crippen molar-refractivity contribution in [3.05, 3.63) is 121 Å². The van der Waals surface area contributed by atoms with Crippen LogP contribution >= 0.6 is 34.8 Å². The third kappa shape index (κ3) is 19.0. The van der Waals surface area contributed by atoms with Gasteiger partial charge in [0, 0.05) is 54.8 Å². The van der Waals surface area contributed by atoms with Crippen LogP contribution in [-0.4, -0.2) is 68.6 Å². The predicted octanol–water partition coefficient (Wildman–Crippen LogP) is 14.4. The molecule has 2 aliphatic carbocycles. The van der Waals surface area contributed by atoms with E-state index in [9.17, 15) is 57.1 Å². The zero-order chi connectivity index (χ0) is 54.1. The molecule has 6 heterocycles. The number of nitrogens with two attached hydrogens (primary N) is 1. The molecule has 0 atom stereocenters. The first-order chi connectivity index (χ1) is 33.1. The molecule has 11 nitrogen and oxygen atoms in total. The summed E-state index contributed by atoms with van der Waals surface area (Å²) < 4.78 is 168. The number of nitrogens with one attached hydrogen (secondary N) is 2. The number of aromatic amines is 1. The molecule has 2 saturated carbocycles. The number of alkyl halides is 13. The highest BCUT2D eigenvalue weighted by molar-refractivity contribution is 6.32. The topological polar surface area (TPSA) is 141 Å². The largest absolute Gasteiger partial charge is 0.416 e. The van der Waals surface area contributed by atoms with Crippen molar-refractivity contribution in [3.63, 3.8) is 0 Å². The van der Waals surface area contributed by atoms with E-state index < -0.39 is 47.1 Å². The minimum atomic E-state index is -4.55. The Bertz CT molecular complexity index is 2660. The lowest BCUT2D eigenvalue weighted by Gasteiger charge is -2.29. The molecule has 6 aromatic heterocycles. The molecule has 4 N–H and O–H groups in total. The van der Waals surface area contributed by atoms with Crippen molar-refractivity contribution in [1.29, 1.82) is 0 Å². The Kier molecular flexibility index (Phi) is 20.0. The summed E-state index contributed by atoms with van der Waals surface area (Å²) in [4.78, 5) is 11.5. The van der Waals surface area contributed by atoms with Gasteiger partial charge in [-0.05, 0) is 122 Å². The lowest BCUT2D eigenvalue weighted by Crippen LogP contribution is -2.32. The lowest BCUT2D eigenvalue weighted by atomic mass is 9.92. The minimum Gasteiger partial charge on any atom is -0.367 e. The zero-order valence-electron chi connectivity index (χ0n) is 39.2. The second kappa shape index (κ2) is 24.2. The van der Waals surface area contributed by atoms with Gasteiger partial charge >= 0.3 is 18.5 Å². The maximum absolute atomic E-state index is 13.3. The molecule has 2 aliphatic rings. The first kappa shape index (κ1) is 59.4. The maximum Gasteiger partial charge on any atom is 0.416 e. The van der Waals surface area contributed by atoms with E-state index >= 15 is 0 Å². The fraction of sp³-hybridized carbons (Fsp3) is 0.467. The molecule has 6 aromatic rings. The van der Waals surface area contributed by atoms with Crippen LogP contribution < -0.4 is 11.1 Å². The zero-order valence-corrected chi connectivity index (χ0v) is 41.5. The average Bonchev–Trinajstić information content (AvgIpc) is 3.93. The summed E-state index contributed by atoms with van der Waals surface area (Å²) in [5, 5.41) is 17.1. The summed E-state index contributed by atoms with van der Waals surface area (Å²) in [5.41, 5.74) is 7.69. The SMILES string of the molecule is Cc1cc(C)[nH]n1.Cc1cc(C)n(-c2cc(C(F)(F)F)cc(Cl)n2)n1.Cc1cc(C)n(-c2cc(C(F)(F)F)cc(NC3CCC(F)(F)CC3)n2)n1.FC(F)(F)c1cc(Cl)nc(Cl)c1.NC1CCC(F)(F)CC1. The van der Waals surface area contributed by atoms with Gasteiger partial charge in [-0.3, -0.25) is 5.10 Å². The highest BCUT2D eigenvalue weighted by Gasteiger charge is 2.37. The van der Waals surface area contributed by atoms with E-state index in [1.807, 2.05) is 19.9 Å². The first-order valence-corrected chi connectivity index (χ1v) is 22.8. The van der Waals surface area contributed by atoms with Gasteiger partial charge in [0.05, 0.1) is 33.8 Å². The van der Waals surface area contributed by atoms with Gasteiger partial charge in [0.15, 0.2) is 11.6 Å². The van der Waals surface area contributed by atoms with Gasteiger partial charge in [0.25, 0.3) is 0 Å². The van der Waals surface area contributed by atoms with E-state index in [1.54, 1.807) is 39.8 Å². The third-order valence-electron chi connectivity index (χ3n) is 10.5. The Morgan fingerprint density at radius 3 is 1.28 bits per heavy atom. The minimum absolute atomic E-state index is 0.0117. The Morgan fingerprint density at radius 1 is 0.542 bits per heavy atom. The molecule has 0 aromatic carbocycles. The number of halogens is 16. The molecule has 0 bridgehead atoms. The molecule has 27 heteroatoms. The summed E-state index contributed by atoms with van der Waals surface area (Å²) in [6.07, 6.45) is -12.7. The molecule has 0 radical (unpaired) electrons. The molecule has 2 fully saturated rings. The maximum atomic E-state index is 13.3. The normalized spacial score (nSPS) is 15.9. The highest BCUT2D eigenvalue weighted by atomic mass is 35.5. The molecule has 0 spiro atoms. The van der Waals surface area contributed by atoms with Crippen molar-refractivity contribution in [2.45, 2.75) is 135 Å². The quantitative estimate of drug-likeness (QED) is 0.117. The predicted molar refractivity (Wildman–Crippen MR) is 246 cm³/mol. The van der Waals surface area contributed by atoms with E-state index in [1.165, 1.54) is 9.36 Å². The Labute approximate surface area is 420 Å². The molecule has 396 valence electrons. The Morgan fingerprint density at radius 2 is 0.931 bits per heavy atom. The summed E-state index contributed by atoms with van der Waals surface area (Å²) in [5.74, 6) is -5.02. The fourth-order valence-electron chi connectivity index (χ4n) is 6.98. The summed E-state index contributed by atoms with van der Waals surface area (Å²) in [6.45, 7) is 10.9. The molecule has 0 amide bonds. The number of aryl methyl sites for hydroxylation is 6. The van der Waals surface area contributed by atoms with Gasteiger partial charge in [0.2, 0.25) is 11.8 Å². The number of aromatic nitrogens is 9. The van der Waals surface area contributed by atoms with Crippen molar-refractivity contribution in [2.75, 3.05) is 5.32 Å². The van der Waals surface area contributed by atoms with Gasteiger partial charge in [0.1, 0.15) is 21.3 Å². The average molecular weight is 1100 g/mol. The van der Waals surface area contributed by atoms with Crippen LogP contribution in [0.15, 0.2) is 54.6 Å². The van der Waals surface area contributed by atoms with E-state index in [4.69, 9.17) is 40.5 Å². The van der Waals surface area contributed by atoms with Crippen molar-refractivity contribution in [1.82, 2.24) is 44.7 Å². The number of nitrogens with zero attached hydrogens (tertiary/aromatic N) is 8. The van der Waals surface area contributed by atoms with Crippen molar-refractivity contribution in [2.24, 2.45) is 5.73 Å². The van der Waals surface area contributed by atoms with E-state index in [0.717, 1.165) is 35.7 Å². The number of hydrogen-bond acceptors (Lipinski definition) is 8. The first-order valence-electron chi connectivity index (χ1n) is 21.7. The lowest BCUT2D eigenvalue weighted by molar-refractivity contribution is -0.138. The van der Waals surface area contributed by atoms with Crippen LogP contribution in [0.4, 0.5) is 62.9 Å². The molecule has 0 aliphatic heterocycles. The molecular weight excluding hydrogens is 1050 g/mol. The third-order valence-corrected chi connectivity index (χ3v) is 11.0. The van der Waals surface area contributed by atoms with Crippen LogP contribution in [0.5, 0.6) is 0 Å². The van der Waals surface area contributed by atoms with Crippen LogP contribution in [0, 0.1) is 41.5 Å². The number of hydrogen-bond donors (Lipinski definition) is 3. The second-order valence-electron chi connectivity index (χ2n) is 17.0. The van der Waals surface area contributed by atoms with Crippen LogP contribution in [0.3, 0.4) is 0 Å². The van der Waals surface area contributed by atoms with Gasteiger partial charge in [-0.25, -0.2) is 41.9 Å². The molecule has 8 rings (SSSR count). The van der Waals surface area contributed by atoms with Crippen LogP contribution in [-0.2, 0) is 18.5 Å². The van der Waals surface area contributed by atoms with E-state index in [0.29, 0.717) is 47.8 Å². The molecular formula is C45H49Cl3F13N11. The van der Waals surface area contributed by atoms with Gasteiger partial charge in [-0.1, -0.05) is 34.8 Å². The summed E-state index contributed by atoms with van der Waals surface area (Å²) >= 11 is 16.1. The second-order valence-corrected chi connectivity index (χ2v) is 18.1. The number of pyridine rings is 3. The smallest absolute Gasteiger partial charge is 0.367 e. The number of H-pyrrole nitrogens is 1. The van der Waals surface area contributed by atoms with E-state index in [-0.39, 0.29) is 83.5 Å². The Hall–Kier alpha value is -5.20. The molecule has 72 heavy (non-hydrogen) atoms. The molecule has 0 unspecified atom stereocenters. The molecule has 0 saturated heterocycles. The van der Waals surface area contributed by atoms with E-state index in [2.05, 4.69) is 40.7 Å². The number of rotatable bonds is 4. The van der Waals surface area contributed by atoms with Crippen LogP contribution in [0.1, 0.15) is 102 Å². The Balaban J connectivity index is 0.000000212. The van der Waals surface area contributed by atoms with Gasteiger partial charge in [-0.15, -0.1) is 0 Å².